The maximum absolute atomic E-state index is 9.58. The van der Waals surface area contributed by atoms with Gasteiger partial charge in [-0.15, -0.1) is 0 Å². The van der Waals surface area contributed by atoms with Gasteiger partial charge >= 0.3 is 0 Å². The molecule has 0 saturated carbocycles. The predicted octanol–water partition coefficient (Wildman–Crippen LogP) is 13.5. The summed E-state index contributed by atoms with van der Waals surface area (Å²) in [4.78, 5) is 26.0. The molecule has 62 heavy (non-hydrogen) atoms. The maximum Gasteiger partial charge on any atom is 0.164 e. The molecule has 0 aliphatic heterocycles. The van der Waals surface area contributed by atoms with Gasteiger partial charge in [0.25, 0.3) is 0 Å². The Labute approximate surface area is 360 Å². The average Bonchev–Trinajstić information content (AvgIpc) is 3.37. The van der Waals surface area contributed by atoms with Crippen molar-refractivity contribution in [3.63, 3.8) is 0 Å². The van der Waals surface area contributed by atoms with Crippen molar-refractivity contribution in [3.05, 3.63) is 224 Å². The highest BCUT2D eigenvalue weighted by Gasteiger charge is 2.22. The Hall–Kier alpha value is -8.66. The smallest absolute Gasteiger partial charge is 0.164 e. The Bertz CT molecular complexity index is 3240. The van der Waals surface area contributed by atoms with Crippen LogP contribution >= 0.6 is 0 Å². The van der Waals surface area contributed by atoms with E-state index in [-0.39, 0.29) is 0 Å². The fraction of sp³-hybridized carbons (Fsp3) is 0. The van der Waals surface area contributed by atoms with Gasteiger partial charge in [-0.05, 0) is 52.1 Å². The van der Waals surface area contributed by atoms with Gasteiger partial charge in [-0.25, -0.2) is 24.9 Å². The number of rotatable bonds is 9. The van der Waals surface area contributed by atoms with Gasteiger partial charge in [0.05, 0.1) is 23.0 Å². The number of nitrogens with zero attached hydrogens (tertiary/aromatic N) is 6. The highest BCUT2D eigenvalue weighted by atomic mass is 15.0. The fourth-order valence-electron chi connectivity index (χ4n) is 7.78. The van der Waals surface area contributed by atoms with Gasteiger partial charge < -0.3 is 0 Å². The second-order valence-electron chi connectivity index (χ2n) is 14.8. The Balaban J connectivity index is 1.14. The molecule has 0 spiro atoms. The quantitative estimate of drug-likeness (QED) is 0.145. The summed E-state index contributed by atoms with van der Waals surface area (Å²) in [6, 6.07) is 75.7. The minimum Gasteiger partial charge on any atom is -0.227 e. The van der Waals surface area contributed by atoms with E-state index < -0.39 is 0 Å². The molecule has 10 rings (SSSR count). The zero-order valence-corrected chi connectivity index (χ0v) is 33.5. The summed E-state index contributed by atoms with van der Waals surface area (Å²) >= 11 is 0. The van der Waals surface area contributed by atoms with Crippen molar-refractivity contribution in [2.45, 2.75) is 0 Å². The Morgan fingerprint density at radius 1 is 0.274 bits per heavy atom. The van der Waals surface area contributed by atoms with E-state index in [2.05, 4.69) is 97.1 Å². The summed E-state index contributed by atoms with van der Waals surface area (Å²) in [5.41, 5.74) is 13.6. The minimum atomic E-state index is 0.547. The average molecular weight is 793 g/mol. The van der Waals surface area contributed by atoms with Crippen LogP contribution in [0.25, 0.3) is 101 Å². The van der Waals surface area contributed by atoms with Gasteiger partial charge in [0, 0.05) is 38.9 Å². The van der Waals surface area contributed by atoms with Crippen LogP contribution in [-0.2, 0) is 0 Å². The summed E-state index contributed by atoms with van der Waals surface area (Å²) in [5, 5.41) is 9.58. The lowest BCUT2D eigenvalue weighted by Crippen LogP contribution is -2.02. The molecule has 2 heterocycles. The van der Waals surface area contributed by atoms with E-state index in [4.69, 9.17) is 24.9 Å². The molecule has 2 aromatic heterocycles. The molecule has 0 N–H and O–H groups in total. The van der Waals surface area contributed by atoms with Gasteiger partial charge in [-0.3, -0.25) is 0 Å². The summed E-state index contributed by atoms with van der Waals surface area (Å²) < 4.78 is 0. The van der Waals surface area contributed by atoms with Crippen LogP contribution in [-0.4, -0.2) is 24.9 Å². The zero-order valence-electron chi connectivity index (χ0n) is 33.5. The Kier molecular flexibility index (Phi) is 10.3. The summed E-state index contributed by atoms with van der Waals surface area (Å²) in [6.07, 6.45) is 0. The van der Waals surface area contributed by atoms with Crippen LogP contribution in [0.2, 0.25) is 0 Å². The third kappa shape index (κ3) is 7.66. The molecule has 0 saturated heterocycles. The van der Waals surface area contributed by atoms with E-state index in [9.17, 15) is 5.26 Å². The molecule has 0 fully saturated rings. The second-order valence-corrected chi connectivity index (χ2v) is 14.8. The van der Waals surface area contributed by atoms with Crippen molar-refractivity contribution in [3.8, 4) is 108 Å². The predicted molar refractivity (Wildman–Crippen MR) is 249 cm³/mol. The minimum absolute atomic E-state index is 0.547. The summed E-state index contributed by atoms with van der Waals surface area (Å²) in [7, 11) is 0. The monoisotopic (exact) mass is 792 g/mol. The summed E-state index contributed by atoms with van der Waals surface area (Å²) in [6.45, 7) is 0. The Morgan fingerprint density at radius 2 is 0.677 bits per heavy atom. The van der Waals surface area contributed by atoms with Crippen LogP contribution in [0, 0.1) is 11.3 Å². The van der Waals surface area contributed by atoms with Crippen LogP contribution < -0.4 is 0 Å². The molecule has 6 nitrogen and oxygen atoms in total. The van der Waals surface area contributed by atoms with Crippen molar-refractivity contribution < 1.29 is 0 Å². The molecule has 10 aromatic rings. The van der Waals surface area contributed by atoms with Crippen LogP contribution in [0.15, 0.2) is 218 Å². The first-order valence-electron chi connectivity index (χ1n) is 20.4. The van der Waals surface area contributed by atoms with Crippen LogP contribution in [0.5, 0.6) is 0 Å². The van der Waals surface area contributed by atoms with Crippen molar-refractivity contribution in [1.29, 1.82) is 5.26 Å². The number of hydrogen-bond acceptors (Lipinski definition) is 6. The molecule has 290 valence electrons. The van der Waals surface area contributed by atoms with E-state index in [0.717, 1.165) is 78.1 Å². The summed E-state index contributed by atoms with van der Waals surface area (Å²) in [5.74, 6) is 2.32. The fourth-order valence-corrected chi connectivity index (χ4v) is 7.78. The lowest BCUT2D eigenvalue weighted by atomic mass is 9.92. The van der Waals surface area contributed by atoms with E-state index in [1.165, 1.54) is 0 Å². The Morgan fingerprint density at radius 3 is 1.31 bits per heavy atom. The largest absolute Gasteiger partial charge is 0.227 e. The third-order valence-corrected chi connectivity index (χ3v) is 10.8. The molecule has 0 bridgehead atoms. The SMILES string of the molecule is N#Cc1cccc(-c2cccc(-c3nc(-c4ccccc4)nc(-c4ccccc4-c4cccc(-c5nc(-c6ccccc6)nc(-c6ccccc6)c5-c5ccccc5)c4)n3)c2)c1. The number of aromatic nitrogens is 5. The first kappa shape index (κ1) is 37.6. The van der Waals surface area contributed by atoms with Crippen LogP contribution in [0.1, 0.15) is 5.56 Å². The molecule has 0 aliphatic carbocycles. The van der Waals surface area contributed by atoms with E-state index >= 15 is 0 Å². The molecule has 6 heteroatoms. The van der Waals surface area contributed by atoms with Crippen molar-refractivity contribution >= 4 is 0 Å². The van der Waals surface area contributed by atoms with E-state index in [1.807, 2.05) is 127 Å². The molecule has 8 aromatic carbocycles. The van der Waals surface area contributed by atoms with E-state index in [0.29, 0.717) is 28.9 Å². The molecule has 0 aliphatic rings. The van der Waals surface area contributed by atoms with E-state index in [1.54, 1.807) is 0 Å². The molecule has 0 radical (unpaired) electrons. The van der Waals surface area contributed by atoms with Crippen LogP contribution in [0.3, 0.4) is 0 Å². The highest BCUT2D eigenvalue weighted by molar-refractivity contribution is 5.93. The van der Waals surface area contributed by atoms with Gasteiger partial charge in [0.2, 0.25) is 0 Å². The standard InChI is InChI=1S/C56H36N6/c57-37-38-18-15-27-43(34-38)44-28-16-31-47(35-44)55-60-54(42-25-11-4-12-26-42)61-56(62-55)49-33-14-13-32-48(49)45-29-17-30-46(36-45)52-50(39-19-5-1-6-20-39)51(40-21-7-2-8-22-40)58-53(59-52)41-23-9-3-10-24-41/h1-36H. The van der Waals surface area contributed by atoms with Crippen molar-refractivity contribution in [2.75, 3.05) is 0 Å². The van der Waals surface area contributed by atoms with Gasteiger partial charge in [0.15, 0.2) is 23.3 Å². The van der Waals surface area contributed by atoms with Crippen molar-refractivity contribution in [2.24, 2.45) is 0 Å². The number of hydrogen-bond donors (Lipinski definition) is 0. The number of nitriles is 1. The normalized spacial score (nSPS) is 10.9. The first-order chi connectivity index (χ1) is 30.7. The first-order valence-corrected chi connectivity index (χ1v) is 20.4. The van der Waals surface area contributed by atoms with Crippen molar-refractivity contribution in [1.82, 2.24) is 24.9 Å². The lowest BCUT2D eigenvalue weighted by molar-refractivity contribution is 1.07. The molecule has 0 amide bonds. The molecular weight excluding hydrogens is 757 g/mol. The third-order valence-electron chi connectivity index (χ3n) is 10.8. The highest BCUT2D eigenvalue weighted by Crippen LogP contribution is 2.41. The van der Waals surface area contributed by atoms with Gasteiger partial charge in [0.1, 0.15) is 0 Å². The molecular formula is C56H36N6. The molecule has 0 atom stereocenters. The van der Waals surface area contributed by atoms with Gasteiger partial charge in [-0.1, -0.05) is 194 Å². The lowest BCUT2D eigenvalue weighted by Gasteiger charge is -2.18. The topological polar surface area (TPSA) is 88.2 Å². The number of benzene rings is 8. The van der Waals surface area contributed by atoms with Crippen LogP contribution in [0.4, 0.5) is 0 Å². The maximum atomic E-state index is 9.58. The molecule has 0 unspecified atom stereocenters. The second kappa shape index (κ2) is 16.9. The zero-order chi connectivity index (χ0) is 41.7. The van der Waals surface area contributed by atoms with Gasteiger partial charge in [-0.2, -0.15) is 5.26 Å².